The first-order valence-electron chi connectivity index (χ1n) is 7.20. The van der Waals surface area contributed by atoms with Crippen molar-refractivity contribution in [1.29, 1.82) is 0 Å². The number of hydrogen-bond donors (Lipinski definition) is 1. The van der Waals surface area contributed by atoms with Gasteiger partial charge in [-0.3, -0.25) is 0 Å². The zero-order chi connectivity index (χ0) is 13.0. The van der Waals surface area contributed by atoms with Crippen molar-refractivity contribution in [3.63, 3.8) is 0 Å². The van der Waals surface area contributed by atoms with Crippen LogP contribution in [0.3, 0.4) is 0 Å². The summed E-state index contributed by atoms with van der Waals surface area (Å²) in [7, 11) is 0. The average molecular weight is 266 g/mol. The summed E-state index contributed by atoms with van der Waals surface area (Å²) in [6.45, 7) is 11.6. The van der Waals surface area contributed by atoms with Crippen LogP contribution in [0.15, 0.2) is 12.1 Å². The molecular weight excluding hydrogens is 240 g/mol. The van der Waals surface area contributed by atoms with Gasteiger partial charge in [0.1, 0.15) is 0 Å². The van der Waals surface area contributed by atoms with Crippen LogP contribution >= 0.6 is 11.3 Å². The number of hydrogen-bond acceptors (Lipinski definition) is 3. The number of nitrogens with zero attached hydrogens (tertiary/aromatic N) is 1. The van der Waals surface area contributed by atoms with Crippen LogP contribution in [-0.4, -0.2) is 30.6 Å². The maximum Gasteiger partial charge on any atom is 0.0302 e. The highest BCUT2D eigenvalue weighted by Gasteiger charge is 2.23. The molecule has 0 aromatic carbocycles. The number of thiophene rings is 1. The molecule has 2 nitrogen and oxygen atoms in total. The molecule has 1 fully saturated rings. The van der Waals surface area contributed by atoms with Crippen molar-refractivity contribution in [3.8, 4) is 0 Å². The molecule has 1 aliphatic heterocycles. The van der Waals surface area contributed by atoms with Crippen molar-refractivity contribution in [1.82, 2.24) is 10.2 Å². The maximum atomic E-state index is 3.71. The number of nitrogens with one attached hydrogen (secondary N) is 1. The van der Waals surface area contributed by atoms with Crippen LogP contribution in [0.4, 0.5) is 0 Å². The van der Waals surface area contributed by atoms with E-state index >= 15 is 0 Å². The molecule has 1 aromatic heterocycles. The van der Waals surface area contributed by atoms with Crippen LogP contribution < -0.4 is 5.32 Å². The quantitative estimate of drug-likeness (QED) is 0.880. The fourth-order valence-electron chi connectivity index (χ4n) is 2.80. The third-order valence-corrected chi connectivity index (χ3v) is 5.09. The molecule has 0 spiro atoms. The van der Waals surface area contributed by atoms with Gasteiger partial charge in [0, 0.05) is 28.9 Å². The Morgan fingerprint density at radius 2 is 2.33 bits per heavy atom. The van der Waals surface area contributed by atoms with Crippen LogP contribution in [0.2, 0.25) is 0 Å². The first-order chi connectivity index (χ1) is 8.69. The van der Waals surface area contributed by atoms with Crippen LogP contribution in [0, 0.1) is 12.8 Å². The molecule has 2 unspecified atom stereocenters. The van der Waals surface area contributed by atoms with E-state index < -0.39 is 0 Å². The highest BCUT2D eigenvalue weighted by Crippen LogP contribution is 2.20. The predicted octanol–water partition coefficient (Wildman–Crippen LogP) is 3.27. The lowest BCUT2D eigenvalue weighted by molar-refractivity contribution is 0.157. The third kappa shape index (κ3) is 3.81. The largest absolute Gasteiger partial charge is 0.309 e. The monoisotopic (exact) mass is 266 g/mol. The molecule has 0 saturated carbocycles. The molecule has 18 heavy (non-hydrogen) atoms. The molecule has 1 N–H and O–H groups in total. The van der Waals surface area contributed by atoms with Gasteiger partial charge in [-0.1, -0.05) is 6.92 Å². The van der Waals surface area contributed by atoms with Gasteiger partial charge in [-0.05, 0) is 57.8 Å². The number of likely N-dealkylation sites (tertiary alicyclic amines) is 1. The van der Waals surface area contributed by atoms with E-state index in [0.717, 1.165) is 12.5 Å². The van der Waals surface area contributed by atoms with Crippen molar-refractivity contribution in [2.45, 2.75) is 46.2 Å². The first-order valence-corrected chi connectivity index (χ1v) is 8.01. The van der Waals surface area contributed by atoms with E-state index in [2.05, 4.69) is 43.1 Å². The lowest BCUT2D eigenvalue weighted by Gasteiger charge is -2.35. The van der Waals surface area contributed by atoms with Crippen molar-refractivity contribution in [2.24, 2.45) is 5.92 Å². The number of rotatable bonds is 5. The van der Waals surface area contributed by atoms with Gasteiger partial charge in [-0.25, -0.2) is 0 Å². The molecule has 2 heterocycles. The SMILES string of the molecule is CCN1CCCC(C(C)NCc2ccc(C)s2)C1. The van der Waals surface area contributed by atoms with E-state index in [1.165, 1.54) is 42.2 Å². The van der Waals surface area contributed by atoms with Crippen LogP contribution in [0.25, 0.3) is 0 Å². The first kappa shape index (κ1) is 14.0. The lowest BCUT2D eigenvalue weighted by Crippen LogP contribution is -2.44. The lowest BCUT2D eigenvalue weighted by atomic mass is 9.91. The maximum absolute atomic E-state index is 3.71. The van der Waals surface area contributed by atoms with Gasteiger partial charge in [-0.15, -0.1) is 11.3 Å². The standard InChI is InChI=1S/C15H26N2S/c1-4-17-9-5-6-14(11-17)13(3)16-10-15-8-7-12(2)18-15/h7-8,13-14,16H,4-6,9-11H2,1-3H3. The molecule has 3 heteroatoms. The van der Waals surface area contributed by atoms with Gasteiger partial charge < -0.3 is 10.2 Å². The van der Waals surface area contributed by atoms with Crippen molar-refractivity contribution < 1.29 is 0 Å². The van der Waals surface area contributed by atoms with Crippen molar-refractivity contribution in [3.05, 3.63) is 21.9 Å². The van der Waals surface area contributed by atoms with Crippen molar-refractivity contribution in [2.75, 3.05) is 19.6 Å². The molecule has 0 bridgehead atoms. The molecule has 0 amide bonds. The normalized spacial score (nSPS) is 23.2. The summed E-state index contributed by atoms with van der Waals surface area (Å²) >= 11 is 1.91. The van der Waals surface area contributed by atoms with Crippen LogP contribution in [0.5, 0.6) is 0 Å². The molecular formula is C15H26N2S. The summed E-state index contributed by atoms with van der Waals surface area (Å²) < 4.78 is 0. The zero-order valence-corrected chi connectivity index (χ0v) is 12.7. The van der Waals surface area contributed by atoms with Gasteiger partial charge in [0.2, 0.25) is 0 Å². The molecule has 2 atom stereocenters. The summed E-state index contributed by atoms with van der Waals surface area (Å²) in [5, 5.41) is 3.71. The number of aryl methyl sites for hydroxylation is 1. The highest BCUT2D eigenvalue weighted by atomic mass is 32.1. The molecule has 102 valence electrons. The molecule has 0 aliphatic carbocycles. The highest BCUT2D eigenvalue weighted by molar-refractivity contribution is 7.11. The van der Waals surface area contributed by atoms with E-state index in [0.29, 0.717) is 6.04 Å². The van der Waals surface area contributed by atoms with Gasteiger partial charge in [-0.2, -0.15) is 0 Å². The molecule has 1 aromatic rings. The Morgan fingerprint density at radius 3 is 3.00 bits per heavy atom. The minimum absolute atomic E-state index is 0.627. The second kappa shape index (κ2) is 6.69. The smallest absolute Gasteiger partial charge is 0.0302 e. The number of piperidine rings is 1. The van der Waals surface area contributed by atoms with Gasteiger partial charge in [0.25, 0.3) is 0 Å². The van der Waals surface area contributed by atoms with Crippen molar-refractivity contribution >= 4 is 11.3 Å². The molecule has 0 radical (unpaired) electrons. The van der Waals surface area contributed by atoms with E-state index in [-0.39, 0.29) is 0 Å². The zero-order valence-electron chi connectivity index (χ0n) is 11.9. The Morgan fingerprint density at radius 1 is 1.50 bits per heavy atom. The predicted molar refractivity (Wildman–Crippen MR) is 80.2 cm³/mol. The second-order valence-electron chi connectivity index (χ2n) is 5.48. The van der Waals surface area contributed by atoms with E-state index in [4.69, 9.17) is 0 Å². The average Bonchev–Trinajstić information content (AvgIpc) is 2.82. The minimum atomic E-state index is 0.627. The topological polar surface area (TPSA) is 15.3 Å². The van der Waals surface area contributed by atoms with Gasteiger partial charge >= 0.3 is 0 Å². The molecule has 1 saturated heterocycles. The van der Waals surface area contributed by atoms with Crippen LogP contribution in [-0.2, 0) is 6.54 Å². The fourth-order valence-corrected chi connectivity index (χ4v) is 3.64. The Bertz CT molecular complexity index is 361. The second-order valence-corrected chi connectivity index (χ2v) is 6.85. The molecule has 2 rings (SSSR count). The Balaban J connectivity index is 1.78. The van der Waals surface area contributed by atoms with Crippen LogP contribution in [0.1, 0.15) is 36.4 Å². The van der Waals surface area contributed by atoms with E-state index in [1.54, 1.807) is 0 Å². The Kier molecular flexibility index (Phi) is 5.22. The van der Waals surface area contributed by atoms with E-state index in [9.17, 15) is 0 Å². The van der Waals surface area contributed by atoms with Gasteiger partial charge in [0.05, 0.1) is 0 Å². The molecule has 1 aliphatic rings. The fraction of sp³-hybridized carbons (Fsp3) is 0.733. The van der Waals surface area contributed by atoms with Gasteiger partial charge in [0.15, 0.2) is 0 Å². The summed E-state index contributed by atoms with van der Waals surface area (Å²) in [6.07, 6.45) is 2.75. The summed E-state index contributed by atoms with van der Waals surface area (Å²) in [5.74, 6) is 0.819. The third-order valence-electron chi connectivity index (χ3n) is 4.09. The Hall–Kier alpha value is -0.380. The summed E-state index contributed by atoms with van der Waals surface area (Å²) in [6, 6.07) is 5.09. The van der Waals surface area contributed by atoms with E-state index in [1.807, 2.05) is 11.3 Å². The summed E-state index contributed by atoms with van der Waals surface area (Å²) in [5.41, 5.74) is 0. The summed E-state index contributed by atoms with van der Waals surface area (Å²) in [4.78, 5) is 5.46. The Labute approximate surface area is 115 Å². The minimum Gasteiger partial charge on any atom is -0.309 e.